The van der Waals surface area contributed by atoms with Gasteiger partial charge >= 0.3 is 0 Å². The molecule has 2 heterocycles. The number of carbonyl (C=O) groups excluding carboxylic acids is 1. The summed E-state index contributed by atoms with van der Waals surface area (Å²) >= 11 is 0. The van der Waals surface area contributed by atoms with Crippen LogP contribution in [0.1, 0.15) is 19.3 Å². The highest BCUT2D eigenvalue weighted by molar-refractivity contribution is 5.78. The number of rotatable bonds is 3. The molecule has 0 spiro atoms. The Morgan fingerprint density at radius 2 is 2.29 bits per heavy atom. The summed E-state index contributed by atoms with van der Waals surface area (Å²) in [6.07, 6.45) is 2.88. The Hall–Kier alpha value is -0.610. The highest BCUT2D eigenvalue weighted by atomic mass is 16.2. The predicted molar refractivity (Wildman–Crippen MR) is 54.8 cm³/mol. The smallest absolute Gasteiger partial charge is 0.222 e. The van der Waals surface area contributed by atoms with E-state index in [-0.39, 0.29) is 0 Å². The third kappa shape index (κ3) is 1.91. The highest BCUT2D eigenvalue weighted by Crippen LogP contribution is 2.22. The second-order valence-corrected chi connectivity index (χ2v) is 4.22. The van der Waals surface area contributed by atoms with Gasteiger partial charge in [-0.1, -0.05) is 0 Å². The van der Waals surface area contributed by atoms with E-state index in [9.17, 15) is 4.79 Å². The molecule has 2 saturated heterocycles. The van der Waals surface area contributed by atoms with E-state index in [0.717, 1.165) is 52.0 Å². The molecule has 2 fully saturated rings. The first-order valence-corrected chi connectivity index (χ1v) is 5.53. The van der Waals surface area contributed by atoms with Crippen LogP contribution in [-0.2, 0) is 4.79 Å². The van der Waals surface area contributed by atoms with Crippen molar-refractivity contribution >= 4 is 5.91 Å². The van der Waals surface area contributed by atoms with Crippen molar-refractivity contribution < 1.29 is 4.79 Å². The van der Waals surface area contributed by atoms with Gasteiger partial charge in [0.2, 0.25) is 5.91 Å². The molecule has 1 unspecified atom stereocenters. The molecule has 0 bridgehead atoms. The Morgan fingerprint density at radius 3 is 3.07 bits per heavy atom. The van der Waals surface area contributed by atoms with Gasteiger partial charge in [0.1, 0.15) is 0 Å². The number of amides is 1. The topological polar surface area (TPSA) is 49.6 Å². The summed E-state index contributed by atoms with van der Waals surface area (Å²) in [5, 5.41) is 0. The maximum atomic E-state index is 11.4. The third-order valence-electron chi connectivity index (χ3n) is 3.26. The average Bonchev–Trinajstić information content (AvgIpc) is 2.57. The zero-order chi connectivity index (χ0) is 9.97. The van der Waals surface area contributed by atoms with Crippen molar-refractivity contribution in [2.45, 2.75) is 25.3 Å². The van der Waals surface area contributed by atoms with E-state index in [2.05, 4.69) is 9.80 Å². The molecule has 2 N–H and O–H groups in total. The first-order valence-electron chi connectivity index (χ1n) is 5.53. The molecule has 2 rings (SSSR count). The fourth-order valence-corrected chi connectivity index (χ4v) is 2.45. The Bertz CT molecular complexity index is 219. The van der Waals surface area contributed by atoms with Crippen LogP contribution in [0.2, 0.25) is 0 Å². The lowest BCUT2D eigenvalue weighted by molar-refractivity contribution is -0.130. The lowest BCUT2D eigenvalue weighted by atomic mass is 10.1. The number of hydrogen-bond donors (Lipinski definition) is 1. The maximum Gasteiger partial charge on any atom is 0.222 e. The summed E-state index contributed by atoms with van der Waals surface area (Å²) in [7, 11) is 0. The van der Waals surface area contributed by atoms with Gasteiger partial charge in [0.25, 0.3) is 0 Å². The monoisotopic (exact) mass is 197 g/mol. The van der Waals surface area contributed by atoms with E-state index >= 15 is 0 Å². The molecule has 14 heavy (non-hydrogen) atoms. The second-order valence-electron chi connectivity index (χ2n) is 4.22. The molecule has 2 aliphatic rings. The highest BCUT2D eigenvalue weighted by Gasteiger charge is 2.34. The van der Waals surface area contributed by atoms with Crippen molar-refractivity contribution in [1.29, 1.82) is 0 Å². The van der Waals surface area contributed by atoms with Crippen molar-refractivity contribution in [3.8, 4) is 0 Å². The van der Waals surface area contributed by atoms with E-state index in [1.165, 1.54) is 0 Å². The summed E-state index contributed by atoms with van der Waals surface area (Å²) in [6.45, 7) is 4.88. The summed E-state index contributed by atoms with van der Waals surface area (Å²) in [6, 6.07) is 0.494. The molecule has 1 amide bonds. The minimum Gasteiger partial charge on any atom is -0.337 e. The molecule has 80 valence electrons. The normalized spacial score (nSPS) is 28.2. The fourth-order valence-electron chi connectivity index (χ4n) is 2.45. The van der Waals surface area contributed by atoms with Gasteiger partial charge in [-0.05, 0) is 25.9 Å². The van der Waals surface area contributed by atoms with Gasteiger partial charge < -0.3 is 10.6 Å². The van der Waals surface area contributed by atoms with Crippen LogP contribution in [0.15, 0.2) is 0 Å². The molecular formula is C10H19N3O. The minimum absolute atomic E-state index is 0.355. The Morgan fingerprint density at radius 1 is 1.43 bits per heavy atom. The molecule has 4 nitrogen and oxygen atoms in total. The van der Waals surface area contributed by atoms with E-state index in [1.54, 1.807) is 0 Å². The zero-order valence-corrected chi connectivity index (χ0v) is 8.61. The lowest BCUT2D eigenvalue weighted by Gasteiger charge is -2.37. The van der Waals surface area contributed by atoms with E-state index in [1.807, 2.05) is 0 Å². The molecule has 0 aromatic carbocycles. The van der Waals surface area contributed by atoms with Crippen LogP contribution >= 0.6 is 0 Å². The molecule has 0 saturated carbocycles. The fraction of sp³-hybridized carbons (Fsp3) is 0.900. The molecule has 0 aromatic rings. The van der Waals surface area contributed by atoms with E-state index in [4.69, 9.17) is 5.73 Å². The Kier molecular flexibility index (Phi) is 3.03. The molecule has 0 radical (unpaired) electrons. The van der Waals surface area contributed by atoms with Gasteiger partial charge in [-0.15, -0.1) is 0 Å². The van der Waals surface area contributed by atoms with Gasteiger partial charge in [-0.3, -0.25) is 9.69 Å². The number of hydrogen-bond acceptors (Lipinski definition) is 3. The second kappa shape index (κ2) is 4.28. The van der Waals surface area contributed by atoms with Gasteiger partial charge in [0.05, 0.1) is 0 Å². The largest absolute Gasteiger partial charge is 0.337 e. The molecule has 2 aliphatic heterocycles. The quantitative estimate of drug-likeness (QED) is 0.672. The Labute approximate surface area is 85.0 Å². The zero-order valence-electron chi connectivity index (χ0n) is 8.61. The first kappa shape index (κ1) is 9.93. The third-order valence-corrected chi connectivity index (χ3v) is 3.26. The van der Waals surface area contributed by atoms with Gasteiger partial charge in [0, 0.05) is 32.1 Å². The van der Waals surface area contributed by atoms with Crippen molar-refractivity contribution in [2.75, 3.05) is 32.7 Å². The van der Waals surface area contributed by atoms with Crippen LogP contribution in [0.5, 0.6) is 0 Å². The van der Waals surface area contributed by atoms with Gasteiger partial charge in [-0.2, -0.15) is 0 Å². The maximum absolute atomic E-state index is 11.4. The average molecular weight is 197 g/mol. The Balaban J connectivity index is 1.83. The van der Waals surface area contributed by atoms with E-state index < -0.39 is 0 Å². The van der Waals surface area contributed by atoms with Crippen molar-refractivity contribution in [3.63, 3.8) is 0 Å². The van der Waals surface area contributed by atoms with Crippen LogP contribution < -0.4 is 5.73 Å². The molecule has 0 aliphatic carbocycles. The van der Waals surface area contributed by atoms with Crippen molar-refractivity contribution in [3.05, 3.63) is 0 Å². The lowest BCUT2D eigenvalue weighted by Crippen LogP contribution is -2.51. The van der Waals surface area contributed by atoms with Crippen LogP contribution in [0.25, 0.3) is 0 Å². The standard InChI is InChI=1S/C10H19N3O/c11-4-1-5-12-6-7-13-9(8-12)2-3-10(13)14/h9H,1-8,11H2. The summed E-state index contributed by atoms with van der Waals surface area (Å²) in [5.41, 5.74) is 5.48. The number of carbonyl (C=O) groups is 1. The van der Waals surface area contributed by atoms with Gasteiger partial charge in [0.15, 0.2) is 0 Å². The predicted octanol–water partition coefficient (Wildman–Crippen LogP) is -0.358. The minimum atomic E-state index is 0.355. The summed E-state index contributed by atoms with van der Waals surface area (Å²) in [5.74, 6) is 0.355. The molecule has 0 aromatic heterocycles. The van der Waals surface area contributed by atoms with Crippen molar-refractivity contribution in [1.82, 2.24) is 9.80 Å². The number of piperazine rings is 1. The van der Waals surface area contributed by atoms with Crippen molar-refractivity contribution in [2.24, 2.45) is 5.73 Å². The van der Waals surface area contributed by atoms with Crippen LogP contribution in [0.4, 0.5) is 0 Å². The SMILES string of the molecule is NCCCN1CCN2C(=O)CCC2C1. The van der Waals surface area contributed by atoms with Gasteiger partial charge in [-0.25, -0.2) is 0 Å². The molecular weight excluding hydrogens is 178 g/mol. The first-order chi connectivity index (χ1) is 6.81. The van der Waals surface area contributed by atoms with Crippen LogP contribution in [0, 0.1) is 0 Å². The number of fused-ring (bicyclic) bond motifs is 1. The molecule has 4 heteroatoms. The van der Waals surface area contributed by atoms with E-state index in [0.29, 0.717) is 11.9 Å². The molecule has 1 atom stereocenters. The summed E-state index contributed by atoms with van der Waals surface area (Å²) in [4.78, 5) is 15.9. The number of nitrogens with zero attached hydrogens (tertiary/aromatic N) is 2. The number of nitrogens with two attached hydrogens (primary N) is 1. The van der Waals surface area contributed by atoms with Crippen LogP contribution in [-0.4, -0.2) is 54.5 Å². The summed E-state index contributed by atoms with van der Waals surface area (Å²) < 4.78 is 0. The van der Waals surface area contributed by atoms with Crippen LogP contribution in [0.3, 0.4) is 0 Å².